The zero-order valence-corrected chi connectivity index (χ0v) is 13.7. The highest BCUT2D eigenvalue weighted by atomic mass is 32.1. The predicted molar refractivity (Wildman–Crippen MR) is 99.8 cm³/mol. The van der Waals surface area contributed by atoms with Gasteiger partial charge in [0.25, 0.3) is 5.56 Å². The number of aromatic amines is 1. The number of H-pyrrole nitrogens is 1. The molecule has 5 heteroatoms. The Morgan fingerprint density at radius 2 is 1.88 bits per heavy atom. The van der Waals surface area contributed by atoms with Gasteiger partial charge in [0, 0.05) is 21.9 Å². The van der Waals surface area contributed by atoms with E-state index in [4.69, 9.17) is 5.73 Å². The van der Waals surface area contributed by atoms with Gasteiger partial charge in [-0.15, -0.1) is 11.3 Å². The minimum absolute atomic E-state index is 0.0950. The van der Waals surface area contributed by atoms with Gasteiger partial charge in [-0.1, -0.05) is 24.3 Å². The Bertz CT molecular complexity index is 1090. The van der Waals surface area contributed by atoms with Crippen LogP contribution < -0.4 is 11.3 Å². The Kier molecular flexibility index (Phi) is 3.59. The summed E-state index contributed by atoms with van der Waals surface area (Å²) >= 11 is 1.41. The van der Waals surface area contributed by atoms with Crippen molar-refractivity contribution in [3.8, 4) is 16.9 Å². The lowest BCUT2D eigenvalue weighted by Crippen LogP contribution is -2.04. The van der Waals surface area contributed by atoms with Crippen LogP contribution in [0.4, 0.5) is 0 Å². The standard InChI is InChI=1S/C19H16N2O2S/c20-9-7-11-1-3-12(4-2-11)16-15(22)6-5-14-17(16)13-8-10-24-18(13)19(23)21-14/h1-6,8,10,22H,7,9,20H2,(H,21,23). The summed E-state index contributed by atoms with van der Waals surface area (Å²) in [4.78, 5) is 15.1. The molecule has 0 aliphatic carbocycles. The van der Waals surface area contributed by atoms with Crippen LogP contribution in [0.1, 0.15) is 5.56 Å². The van der Waals surface area contributed by atoms with E-state index in [0.717, 1.165) is 39.4 Å². The number of phenolic OH excluding ortho intramolecular Hbond substituents is 1. The van der Waals surface area contributed by atoms with Gasteiger partial charge in [-0.25, -0.2) is 0 Å². The van der Waals surface area contributed by atoms with Crippen molar-refractivity contribution in [2.75, 3.05) is 6.54 Å². The van der Waals surface area contributed by atoms with Crippen LogP contribution in [-0.4, -0.2) is 16.6 Å². The molecule has 0 aliphatic rings. The highest BCUT2D eigenvalue weighted by Gasteiger charge is 2.15. The molecular formula is C19H16N2O2S. The third kappa shape index (κ3) is 2.29. The van der Waals surface area contributed by atoms with Gasteiger partial charge in [0.2, 0.25) is 0 Å². The number of phenols is 1. The molecule has 24 heavy (non-hydrogen) atoms. The van der Waals surface area contributed by atoms with E-state index in [1.54, 1.807) is 12.1 Å². The molecule has 0 atom stereocenters. The number of nitrogens with two attached hydrogens (primary N) is 1. The van der Waals surface area contributed by atoms with Gasteiger partial charge in [0.1, 0.15) is 10.4 Å². The van der Waals surface area contributed by atoms with Crippen LogP contribution in [0.2, 0.25) is 0 Å². The molecule has 4 nitrogen and oxygen atoms in total. The molecule has 0 saturated carbocycles. The predicted octanol–water partition coefficient (Wildman–Crippen LogP) is 3.62. The lowest BCUT2D eigenvalue weighted by molar-refractivity contribution is 0.478. The minimum Gasteiger partial charge on any atom is -0.507 e. The Labute approximate surface area is 142 Å². The number of aromatic hydroxyl groups is 1. The molecule has 0 bridgehead atoms. The van der Waals surface area contributed by atoms with Crippen LogP contribution in [0.5, 0.6) is 5.75 Å². The monoisotopic (exact) mass is 336 g/mol. The molecule has 0 amide bonds. The van der Waals surface area contributed by atoms with Gasteiger partial charge in [0.05, 0.1) is 0 Å². The van der Waals surface area contributed by atoms with E-state index < -0.39 is 0 Å². The first kappa shape index (κ1) is 14.9. The molecule has 0 radical (unpaired) electrons. The van der Waals surface area contributed by atoms with Gasteiger partial charge >= 0.3 is 0 Å². The molecule has 120 valence electrons. The van der Waals surface area contributed by atoms with Gasteiger partial charge in [-0.2, -0.15) is 0 Å². The van der Waals surface area contributed by atoms with Crippen molar-refractivity contribution in [3.63, 3.8) is 0 Å². The first-order valence-electron chi connectivity index (χ1n) is 7.73. The number of pyridine rings is 1. The number of nitrogens with one attached hydrogen (secondary N) is 1. The SMILES string of the molecule is NCCc1ccc(-c2c(O)ccc3[nH]c(=O)c4sccc4c23)cc1. The van der Waals surface area contributed by atoms with E-state index >= 15 is 0 Å². The maximum absolute atomic E-state index is 12.2. The molecule has 4 N–H and O–H groups in total. The number of hydrogen-bond donors (Lipinski definition) is 3. The zero-order chi connectivity index (χ0) is 16.7. The van der Waals surface area contributed by atoms with Crippen molar-refractivity contribution in [2.45, 2.75) is 6.42 Å². The van der Waals surface area contributed by atoms with E-state index in [9.17, 15) is 9.90 Å². The van der Waals surface area contributed by atoms with Crippen molar-refractivity contribution in [1.29, 1.82) is 0 Å². The van der Waals surface area contributed by atoms with Crippen LogP contribution in [0, 0.1) is 0 Å². The molecule has 2 aromatic carbocycles. The molecule has 4 aromatic rings. The van der Waals surface area contributed by atoms with Gasteiger partial charge in [0.15, 0.2) is 0 Å². The fourth-order valence-electron chi connectivity index (χ4n) is 3.13. The zero-order valence-electron chi connectivity index (χ0n) is 12.9. The molecule has 0 spiro atoms. The molecule has 0 saturated heterocycles. The number of aromatic nitrogens is 1. The van der Waals surface area contributed by atoms with Gasteiger partial charge < -0.3 is 15.8 Å². The molecular weight excluding hydrogens is 320 g/mol. The van der Waals surface area contributed by atoms with E-state index in [1.807, 2.05) is 35.7 Å². The fourth-order valence-corrected chi connectivity index (χ4v) is 3.93. The second-order valence-electron chi connectivity index (χ2n) is 5.74. The Hall–Kier alpha value is -2.63. The Morgan fingerprint density at radius 3 is 2.62 bits per heavy atom. The second-order valence-corrected chi connectivity index (χ2v) is 6.65. The van der Waals surface area contributed by atoms with Crippen molar-refractivity contribution in [3.05, 3.63) is 63.8 Å². The van der Waals surface area contributed by atoms with E-state index in [0.29, 0.717) is 11.2 Å². The van der Waals surface area contributed by atoms with Gasteiger partial charge in [-0.05, 0) is 47.7 Å². The first-order chi connectivity index (χ1) is 11.7. The van der Waals surface area contributed by atoms with Crippen LogP contribution in [0.3, 0.4) is 0 Å². The Balaban J connectivity index is 2.05. The van der Waals surface area contributed by atoms with E-state index in [1.165, 1.54) is 11.3 Å². The summed E-state index contributed by atoms with van der Waals surface area (Å²) in [6.07, 6.45) is 0.823. The lowest BCUT2D eigenvalue weighted by Gasteiger charge is -2.11. The highest BCUT2D eigenvalue weighted by Crippen LogP contribution is 2.39. The quantitative estimate of drug-likeness (QED) is 0.535. The first-order valence-corrected chi connectivity index (χ1v) is 8.61. The molecule has 0 fully saturated rings. The maximum atomic E-state index is 12.2. The summed E-state index contributed by atoms with van der Waals surface area (Å²) in [5.74, 6) is 0.202. The van der Waals surface area contributed by atoms with Crippen LogP contribution in [0.15, 0.2) is 52.6 Å². The molecule has 2 aromatic heterocycles. The highest BCUT2D eigenvalue weighted by molar-refractivity contribution is 7.17. The summed E-state index contributed by atoms with van der Waals surface area (Å²) in [5, 5.41) is 14.1. The third-order valence-corrected chi connectivity index (χ3v) is 5.16. The van der Waals surface area contributed by atoms with Crippen LogP contribution in [0.25, 0.3) is 32.1 Å². The molecule has 4 rings (SSSR count). The Morgan fingerprint density at radius 1 is 1.08 bits per heavy atom. The third-order valence-electron chi connectivity index (χ3n) is 4.25. The summed E-state index contributed by atoms with van der Waals surface area (Å²) in [7, 11) is 0. The number of rotatable bonds is 3. The van der Waals surface area contributed by atoms with E-state index in [-0.39, 0.29) is 11.3 Å². The lowest BCUT2D eigenvalue weighted by atomic mass is 9.96. The van der Waals surface area contributed by atoms with Crippen molar-refractivity contribution >= 4 is 32.3 Å². The largest absolute Gasteiger partial charge is 0.507 e. The fraction of sp³-hybridized carbons (Fsp3) is 0.105. The normalized spacial score (nSPS) is 11.4. The topological polar surface area (TPSA) is 79.1 Å². The average Bonchev–Trinajstić information content (AvgIpc) is 3.07. The van der Waals surface area contributed by atoms with Crippen molar-refractivity contribution in [2.24, 2.45) is 5.73 Å². The minimum atomic E-state index is -0.0950. The molecule has 0 aliphatic heterocycles. The molecule has 0 unspecified atom stereocenters. The average molecular weight is 336 g/mol. The van der Waals surface area contributed by atoms with Crippen LogP contribution >= 0.6 is 11.3 Å². The van der Waals surface area contributed by atoms with E-state index in [2.05, 4.69) is 4.98 Å². The summed E-state index contributed by atoms with van der Waals surface area (Å²) < 4.78 is 0.675. The second kappa shape index (κ2) is 5.78. The summed E-state index contributed by atoms with van der Waals surface area (Å²) in [6.45, 7) is 0.607. The van der Waals surface area contributed by atoms with Crippen molar-refractivity contribution < 1.29 is 5.11 Å². The van der Waals surface area contributed by atoms with Crippen molar-refractivity contribution in [1.82, 2.24) is 4.98 Å². The number of benzene rings is 2. The number of hydrogen-bond acceptors (Lipinski definition) is 4. The molecule has 2 heterocycles. The summed E-state index contributed by atoms with van der Waals surface area (Å²) in [6, 6.07) is 13.3. The van der Waals surface area contributed by atoms with Gasteiger partial charge in [-0.3, -0.25) is 4.79 Å². The number of fused-ring (bicyclic) bond motifs is 3. The maximum Gasteiger partial charge on any atom is 0.266 e. The van der Waals surface area contributed by atoms with Crippen LogP contribution in [-0.2, 0) is 6.42 Å². The smallest absolute Gasteiger partial charge is 0.266 e. The number of thiophene rings is 1. The summed E-state index contributed by atoms with van der Waals surface area (Å²) in [5.41, 5.74) is 9.05.